The molecule has 9 nitrogen and oxygen atoms in total. The number of thioether (sulfide) groups is 1. The van der Waals surface area contributed by atoms with Gasteiger partial charge in [-0.1, -0.05) is 40.6 Å². The number of carbonyl (C=O) groups is 2. The molecule has 1 aliphatic rings. The quantitative estimate of drug-likeness (QED) is 0.331. The van der Waals surface area contributed by atoms with Crippen molar-refractivity contribution in [1.29, 1.82) is 0 Å². The van der Waals surface area contributed by atoms with Crippen LogP contribution in [0, 0.1) is 0 Å². The molecule has 2 aromatic carbocycles. The predicted molar refractivity (Wildman–Crippen MR) is 140 cm³/mol. The number of amides is 1. The molecule has 3 N–H and O–H groups in total. The molecular formula is C22H21Cl2N5O4S2. The highest BCUT2D eigenvalue weighted by Gasteiger charge is 2.44. The summed E-state index contributed by atoms with van der Waals surface area (Å²) in [6.07, 6.45) is -0.284. The number of halogens is 2. The third-order valence-electron chi connectivity index (χ3n) is 5.18. The lowest BCUT2D eigenvalue weighted by Crippen LogP contribution is -2.31. The molecule has 0 aliphatic carbocycles. The zero-order valence-corrected chi connectivity index (χ0v) is 21.8. The van der Waals surface area contributed by atoms with Gasteiger partial charge in [-0.05, 0) is 35.9 Å². The normalized spacial score (nSPS) is 17.5. The highest BCUT2D eigenvalue weighted by molar-refractivity contribution is 8.01. The van der Waals surface area contributed by atoms with Gasteiger partial charge in [0.2, 0.25) is 11.0 Å². The number of hydrogen-bond acceptors (Lipinski definition) is 9. The molecule has 2 atom stereocenters. The Kier molecular flexibility index (Phi) is 7.90. The molecule has 1 amide bonds. The maximum absolute atomic E-state index is 13.3. The minimum Gasteiger partial charge on any atom is -0.485 e. The SMILES string of the molecule is CNc1ccc(C2SC(CC(=O)O)C(=O)N2c2nnc(COc3ccc(Cl)cc3Cl)s2)cc1NC. The van der Waals surface area contributed by atoms with Crippen LogP contribution in [0.1, 0.15) is 22.4 Å². The van der Waals surface area contributed by atoms with E-state index in [1.165, 1.54) is 28.0 Å². The van der Waals surface area contributed by atoms with Gasteiger partial charge in [0.25, 0.3) is 0 Å². The van der Waals surface area contributed by atoms with Crippen molar-refractivity contribution in [3.63, 3.8) is 0 Å². The first-order chi connectivity index (χ1) is 16.8. The average molecular weight is 554 g/mol. The Bertz CT molecular complexity index is 1260. The van der Waals surface area contributed by atoms with Crippen LogP contribution in [-0.2, 0) is 16.2 Å². The Morgan fingerprint density at radius 2 is 1.91 bits per heavy atom. The Morgan fingerprint density at radius 1 is 1.14 bits per heavy atom. The van der Waals surface area contributed by atoms with E-state index >= 15 is 0 Å². The van der Waals surface area contributed by atoms with Crippen LogP contribution in [-0.4, -0.2) is 46.5 Å². The zero-order chi connectivity index (χ0) is 25.1. The lowest BCUT2D eigenvalue weighted by atomic mass is 10.1. The van der Waals surface area contributed by atoms with Crippen LogP contribution in [0.5, 0.6) is 5.75 Å². The van der Waals surface area contributed by atoms with Gasteiger partial charge in [-0.3, -0.25) is 14.5 Å². The van der Waals surface area contributed by atoms with E-state index in [-0.39, 0.29) is 18.9 Å². The molecule has 0 spiro atoms. The van der Waals surface area contributed by atoms with Crippen LogP contribution in [0.3, 0.4) is 0 Å². The summed E-state index contributed by atoms with van der Waals surface area (Å²) in [7, 11) is 3.63. The van der Waals surface area contributed by atoms with Crippen molar-refractivity contribution in [3.8, 4) is 5.75 Å². The van der Waals surface area contributed by atoms with E-state index in [9.17, 15) is 14.7 Å². The van der Waals surface area contributed by atoms with Gasteiger partial charge in [0.1, 0.15) is 17.7 Å². The smallest absolute Gasteiger partial charge is 0.305 e. The number of hydrogen-bond donors (Lipinski definition) is 3. The molecule has 2 unspecified atom stereocenters. The van der Waals surface area contributed by atoms with E-state index in [4.69, 9.17) is 27.9 Å². The molecule has 0 bridgehead atoms. The Labute approximate surface area is 219 Å². The summed E-state index contributed by atoms with van der Waals surface area (Å²) in [5, 5.41) is 24.5. The molecule has 35 heavy (non-hydrogen) atoms. The van der Waals surface area contributed by atoms with Crippen LogP contribution >= 0.6 is 46.3 Å². The van der Waals surface area contributed by atoms with Gasteiger partial charge in [0, 0.05) is 19.1 Å². The fourth-order valence-corrected chi connectivity index (χ4v) is 6.26. The van der Waals surface area contributed by atoms with Gasteiger partial charge >= 0.3 is 5.97 Å². The van der Waals surface area contributed by atoms with Crippen LogP contribution in [0.4, 0.5) is 16.5 Å². The van der Waals surface area contributed by atoms with Crippen LogP contribution in [0.15, 0.2) is 36.4 Å². The average Bonchev–Trinajstić information content (AvgIpc) is 3.42. The molecule has 13 heteroatoms. The summed E-state index contributed by atoms with van der Waals surface area (Å²) < 4.78 is 5.74. The van der Waals surface area contributed by atoms with Gasteiger partial charge in [-0.25, -0.2) is 0 Å². The number of nitrogens with zero attached hydrogens (tertiary/aromatic N) is 3. The van der Waals surface area contributed by atoms with Crippen molar-refractivity contribution < 1.29 is 19.4 Å². The van der Waals surface area contributed by atoms with E-state index in [0.29, 0.717) is 25.9 Å². The Hall–Kier alpha value is -2.73. The monoisotopic (exact) mass is 553 g/mol. The van der Waals surface area contributed by atoms with Crippen LogP contribution < -0.4 is 20.3 Å². The second kappa shape index (κ2) is 10.9. The maximum atomic E-state index is 13.3. The molecule has 0 saturated carbocycles. The van der Waals surface area contributed by atoms with Crippen molar-refractivity contribution >= 4 is 74.7 Å². The number of carboxylic acid groups (broad SMARTS) is 1. The predicted octanol–water partition coefficient (Wildman–Crippen LogP) is 5.13. The second-order valence-corrected chi connectivity index (χ2v) is 10.6. The van der Waals surface area contributed by atoms with E-state index in [2.05, 4.69) is 20.8 Å². The van der Waals surface area contributed by atoms with Gasteiger partial charge in [0.05, 0.1) is 28.1 Å². The first kappa shape index (κ1) is 25.4. The van der Waals surface area contributed by atoms with Crippen molar-refractivity contribution in [2.24, 2.45) is 0 Å². The number of ether oxygens (including phenoxy) is 1. The summed E-state index contributed by atoms with van der Waals surface area (Å²) in [4.78, 5) is 26.2. The third kappa shape index (κ3) is 5.58. The second-order valence-electron chi connectivity index (χ2n) is 7.43. The first-order valence-electron chi connectivity index (χ1n) is 10.4. The molecule has 1 aromatic heterocycles. The standard InChI is InChI=1S/C22H21Cl2N5O4S2/c1-25-14-5-3-11(7-15(14)26-2)21-29(20(32)17(34-21)9-19(30)31)22-28-27-18(35-22)10-33-16-6-4-12(23)8-13(16)24/h3-8,17,21,25-26H,9-10H2,1-2H3,(H,30,31). The summed E-state index contributed by atoms with van der Waals surface area (Å²) >= 11 is 14.6. The fourth-order valence-electron chi connectivity index (χ4n) is 3.53. The number of rotatable bonds is 9. The van der Waals surface area contributed by atoms with Gasteiger partial charge < -0.3 is 20.5 Å². The molecule has 1 aliphatic heterocycles. The molecule has 1 saturated heterocycles. The number of carboxylic acids is 1. The lowest BCUT2D eigenvalue weighted by Gasteiger charge is -2.22. The molecule has 4 rings (SSSR count). The minimum absolute atomic E-state index is 0.0954. The van der Waals surface area contributed by atoms with Gasteiger partial charge in [0.15, 0.2) is 5.01 Å². The topological polar surface area (TPSA) is 117 Å². The first-order valence-corrected chi connectivity index (χ1v) is 12.9. The van der Waals surface area contributed by atoms with Crippen molar-refractivity contribution in [1.82, 2.24) is 10.2 Å². The maximum Gasteiger partial charge on any atom is 0.305 e. The fraction of sp³-hybridized carbons (Fsp3) is 0.273. The van der Waals surface area contributed by atoms with E-state index in [1.54, 1.807) is 18.2 Å². The van der Waals surface area contributed by atoms with Crippen molar-refractivity contribution in [2.75, 3.05) is 29.6 Å². The van der Waals surface area contributed by atoms with Crippen molar-refractivity contribution in [2.45, 2.75) is 23.7 Å². The number of aliphatic carboxylic acids is 1. The molecule has 184 valence electrons. The number of nitrogens with one attached hydrogen (secondary N) is 2. The highest BCUT2D eigenvalue weighted by Crippen LogP contribution is 2.48. The van der Waals surface area contributed by atoms with Gasteiger partial charge in [-0.15, -0.1) is 22.0 Å². The number of anilines is 3. The lowest BCUT2D eigenvalue weighted by molar-refractivity contribution is -0.138. The van der Waals surface area contributed by atoms with Crippen molar-refractivity contribution in [3.05, 3.63) is 57.0 Å². The van der Waals surface area contributed by atoms with E-state index in [0.717, 1.165) is 16.9 Å². The summed E-state index contributed by atoms with van der Waals surface area (Å²) in [6, 6.07) is 10.6. The van der Waals surface area contributed by atoms with Gasteiger partial charge in [-0.2, -0.15) is 0 Å². The zero-order valence-electron chi connectivity index (χ0n) is 18.6. The van der Waals surface area contributed by atoms with E-state index in [1.807, 2.05) is 32.3 Å². The molecule has 2 heterocycles. The summed E-state index contributed by atoms with van der Waals surface area (Å²) in [5.74, 6) is -0.913. The van der Waals surface area contributed by atoms with Crippen LogP contribution in [0.2, 0.25) is 10.0 Å². The molecule has 3 aromatic rings. The number of aromatic nitrogens is 2. The Balaban J connectivity index is 1.60. The largest absolute Gasteiger partial charge is 0.485 e. The molecular weight excluding hydrogens is 533 g/mol. The third-order valence-corrected chi connectivity index (χ3v) is 8.04. The Morgan fingerprint density at radius 3 is 2.60 bits per heavy atom. The number of benzene rings is 2. The number of carbonyl (C=O) groups excluding carboxylic acids is 1. The minimum atomic E-state index is -1.04. The summed E-state index contributed by atoms with van der Waals surface area (Å²) in [5.41, 5.74) is 2.59. The van der Waals surface area contributed by atoms with Crippen LogP contribution in [0.25, 0.3) is 0 Å². The van der Waals surface area contributed by atoms with E-state index < -0.39 is 16.6 Å². The summed E-state index contributed by atoms with van der Waals surface area (Å²) in [6.45, 7) is 0.0954. The highest BCUT2D eigenvalue weighted by atomic mass is 35.5. The molecule has 0 radical (unpaired) electrons. The molecule has 1 fully saturated rings.